The molecule has 0 amide bonds. The molecule has 4 heteroatoms. The number of benzene rings is 1. The quantitative estimate of drug-likeness (QED) is 0.898. The first-order valence-corrected chi connectivity index (χ1v) is 6.59. The SMILES string of the molecule is COc1ccc(CN2CCNCC2(C)C)cc1C#N. The summed E-state index contributed by atoms with van der Waals surface area (Å²) < 4.78 is 5.18. The highest BCUT2D eigenvalue weighted by Crippen LogP contribution is 2.23. The second kappa shape index (κ2) is 5.60. The summed E-state index contributed by atoms with van der Waals surface area (Å²) in [5.41, 5.74) is 1.91. The second-order valence-corrected chi connectivity index (χ2v) is 5.56. The lowest BCUT2D eigenvalue weighted by Gasteiger charge is -2.43. The molecular formula is C15H21N3O. The van der Waals surface area contributed by atoms with E-state index >= 15 is 0 Å². The summed E-state index contributed by atoms with van der Waals surface area (Å²) in [4.78, 5) is 2.45. The summed E-state index contributed by atoms with van der Waals surface area (Å²) in [5.74, 6) is 0.644. The van der Waals surface area contributed by atoms with Crippen LogP contribution in [0.1, 0.15) is 25.0 Å². The van der Waals surface area contributed by atoms with Gasteiger partial charge in [-0.2, -0.15) is 5.26 Å². The van der Waals surface area contributed by atoms with E-state index < -0.39 is 0 Å². The van der Waals surface area contributed by atoms with Crippen molar-refractivity contribution < 1.29 is 4.74 Å². The molecule has 0 aliphatic carbocycles. The molecule has 1 fully saturated rings. The Bertz CT molecular complexity index is 491. The third kappa shape index (κ3) is 3.06. The Morgan fingerprint density at radius 1 is 1.47 bits per heavy atom. The molecule has 1 N–H and O–H groups in total. The predicted molar refractivity (Wildman–Crippen MR) is 75.1 cm³/mol. The van der Waals surface area contributed by atoms with Crippen LogP contribution in [-0.2, 0) is 6.54 Å². The number of methoxy groups -OCH3 is 1. The molecule has 0 spiro atoms. The molecule has 1 aliphatic heterocycles. The molecule has 19 heavy (non-hydrogen) atoms. The summed E-state index contributed by atoms with van der Waals surface area (Å²) in [6.07, 6.45) is 0. The molecule has 4 nitrogen and oxygen atoms in total. The van der Waals surface area contributed by atoms with E-state index in [4.69, 9.17) is 10.00 Å². The van der Waals surface area contributed by atoms with Gasteiger partial charge in [-0.25, -0.2) is 0 Å². The number of hydrogen-bond donors (Lipinski definition) is 1. The van der Waals surface area contributed by atoms with Crippen LogP contribution in [0.2, 0.25) is 0 Å². The van der Waals surface area contributed by atoms with Crippen LogP contribution in [0.25, 0.3) is 0 Å². The number of piperazine rings is 1. The van der Waals surface area contributed by atoms with Crippen molar-refractivity contribution in [3.05, 3.63) is 29.3 Å². The normalized spacial score (nSPS) is 18.8. The first kappa shape index (κ1) is 13.9. The second-order valence-electron chi connectivity index (χ2n) is 5.56. The smallest absolute Gasteiger partial charge is 0.136 e. The molecule has 2 rings (SSSR count). The van der Waals surface area contributed by atoms with Crippen LogP contribution in [0.4, 0.5) is 0 Å². The zero-order chi connectivity index (χ0) is 13.9. The van der Waals surface area contributed by atoms with Gasteiger partial charge in [0, 0.05) is 31.7 Å². The van der Waals surface area contributed by atoms with Crippen molar-refractivity contribution in [3.8, 4) is 11.8 Å². The molecule has 1 aromatic rings. The molecule has 0 unspecified atom stereocenters. The van der Waals surface area contributed by atoms with E-state index in [0.717, 1.165) is 31.7 Å². The molecule has 1 aromatic carbocycles. The Morgan fingerprint density at radius 2 is 2.26 bits per heavy atom. The number of rotatable bonds is 3. The topological polar surface area (TPSA) is 48.3 Å². The molecule has 0 aromatic heterocycles. The van der Waals surface area contributed by atoms with Crippen LogP contribution in [0.15, 0.2) is 18.2 Å². The Hall–Kier alpha value is -1.57. The minimum Gasteiger partial charge on any atom is -0.495 e. The van der Waals surface area contributed by atoms with Gasteiger partial charge < -0.3 is 10.1 Å². The molecular weight excluding hydrogens is 238 g/mol. The summed E-state index contributed by atoms with van der Waals surface area (Å²) in [7, 11) is 1.59. The molecule has 0 radical (unpaired) electrons. The number of nitriles is 1. The molecule has 0 atom stereocenters. The highest BCUT2D eigenvalue weighted by molar-refractivity contribution is 5.45. The van der Waals surface area contributed by atoms with Gasteiger partial charge in [-0.05, 0) is 31.5 Å². The van der Waals surface area contributed by atoms with E-state index in [2.05, 4.69) is 30.1 Å². The summed E-state index contributed by atoms with van der Waals surface area (Å²) in [6.45, 7) is 8.40. The Kier molecular flexibility index (Phi) is 4.08. The van der Waals surface area contributed by atoms with Crippen molar-refractivity contribution >= 4 is 0 Å². The maximum absolute atomic E-state index is 9.13. The predicted octanol–water partition coefficient (Wildman–Crippen LogP) is 1.75. The third-order valence-electron chi connectivity index (χ3n) is 3.73. The van der Waals surface area contributed by atoms with Crippen molar-refractivity contribution in [2.75, 3.05) is 26.7 Å². The monoisotopic (exact) mass is 259 g/mol. The summed E-state index contributed by atoms with van der Waals surface area (Å²) in [5, 5.41) is 12.5. The Balaban J connectivity index is 2.17. The highest BCUT2D eigenvalue weighted by atomic mass is 16.5. The van der Waals surface area contributed by atoms with E-state index in [1.54, 1.807) is 7.11 Å². The van der Waals surface area contributed by atoms with E-state index in [1.807, 2.05) is 18.2 Å². The van der Waals surface area contributed by atoms with Crippen LogP contribution in [-0.4, -0.2) is 37.2 Å². The molecule has 1 aliphatic rings. The van der Waals surface area contributed by atoms with Gasteiger partial charge in [-0.1, -0.05) is 6.07 Å². The van der Waals surface area contributed by atoms with E-state index in [-0.39, 0.29) is 5.54 Å². The van der Waals surface area contributed by atoms with Crippen molar-refractivity contribution in [3.63, 3.8) is 0 Å². The van der Waals surface area contributed by atoms with Crippen LogP contribution in [0.3, 0.4) is 0 Å². The first-order chi connectivity index (χ1) is 9.06. The van der Waals surface area contributed by atoms with Crippen LogP contribution < -0.4 is 10.1 Å². The van der Waals surface area contributed by atoms with Crippen LogP contribution >= 0.6 is 0 Å². The fourth-order valence-electron chi connectivity index (χ4n) is 2.48. The largest absolute Gasteiger partial charge is 0.495 e. The lowest BCUT2D eigenvalue weighted by Crippen LogP contribution is -2.57. The van der Waals surface area contributed by atoms with Crippen molar-refractivity contribution in [2.45, 2.75) is 25.9 Å². The van der Waals surface area contributed by atoms with Crippen molar-refractivity contribution in [2.24, 2.45) is 0 Å². The summed E-state index contributed by atoms with van der Waals surface area (Å²) >= 11 is 0. The van der Waals surface area contributed by atoms with Crippen molar-refractivity contribution in [1.29, 1.82) is 5.26 Å². The zero-order valence-corrected chi connectivity index (χ0v) is 11.9. The first-order valence-electron chi connectivity index (χ1n) is 6.59. The minimum atomic E-state index is 0.144. The van der Waals surface area contributed by atoms with Gasteiger partial charge >= 0.3 is 0 Å². The molecule has 0 saturated carbocycles. The molecule has 1 heterocycles. The minimum absolute atomic E-state index is 0.144. The number of nitrogens with one attached hydrogen (secondary N) is 1. The lowest BCUT2D eigenvalue weighted by atomic mass is 9.98. The summed E-state index contributed by atoms with van der Waals surface area (Å²) in [6, 6.07) is 8.03. The standard InChI is InChI=1S/C15H21N3O/c1-15(2)11-17-6-7-18(15)10-12-4-5-14(19-3)13(8-12)9-16/h4-5,8,17H,6-7,10-11H2,1-3H3. The fourth-order valence-corrected chi connectivity index (χ4v) is 2.48. The van der Waals surface area contributed by atoms with E-state index in [1.165, 1.54) is 0 Å². The average Bonchev–Trinajstić information content (AvgIpc) is 2.41. The highest BCUT2D eigenvalue weighted by Gasteiger charge is 2.29. The van der Waals surface area contributed by atoms with Gasteiger partial charge in [0.1, 0.15) is 11.8 Å². The molecule has 1 saturated heterocycles. The third-order valence-corrected chi connectivity index (χ3v) is 3.73. The fraction of sp³-hybridized carbons (Fsp3) is 0.533. The van der Waals surface area contributed by atoms with Gasteiger partial charge in [0.05, 0.1) is 12.7 Å². The van der Waals surface area contributed by atoms with Gasteiger partial charge in [0.25, 0.3) is 0 Å². The lowest BCUT2D eigenvalue weighted by molar-refractivity contribution is 0.0827. The average molecular weight is 259 g/mol. The van der Waals surface area contributed by atoms with Gasteiger partial charge in [0.2, 0.25) is 0 Å². The van der Waals surface area contributed by atoms with Gasteiger partial charge in [-0.3, -0.25) is 4.90 Å². The maximum atomic E-state index is 9.13. The van der Waals surface area contributed by atoms with E-state index in [0.29, 0.717) is 11.3 Å². The van der Waals surface area contributed by atoms with Gasteiger partial charge in [0.15, 0.2) is 0 Å². The molecule has 102 valence electrons. The number of ether oxygens (including phenoxy) is 1. The Morgan fingerprint density at radius 3 is 2.89 bits per heavy atom. The number of hydrogen-bond acceptors (Lipinski definition) is 4. The van der Waals surface area contributed by atoms with Crippen LogP contribution in [0.5, 0.6) is 5.75 Å². The zero-order valence-electron chi connectivity index (χ0n) is 11.9. The van der Waals surface area contributed by atoms with Crippen molar-refractivity contribution in [1.82, 2.24) is 10.2 Å². The van der Waals surface area contributed by atoms with E-state index in [9.17, 15) is 0 Å². The van der Waals surface area contributed by atoms with Crippen LogP contribution in [0, 0.1) is 11.3 Å². The molecule has 0 bridgehead atoms. The maximum Gasteiger partial charge on any atom is 0.136 e. The Labute approximate surface area is 115 Å². The van der Waals surface area contributed by atoms with Gasteiger partial charge in [-0.15, -0.1) is 0 Å². The number of nitrogens with zero attached hydrogens (tertiary/aromatic N) is 2.